The highest BCUT2D eigenvalue weighted by Crippen LogP contribution is 2.21. The number of likely N-dealkylation sites (tertiary alicyclic amines) is 1. The fraction of sp³-hybridized carbons (Fsp3) is 0.588. The van der Waals surface area contributed by atoms with Crippen LogP contribution in [-0.2, 0) is 4.74 Å². The van der Waals surface area contributed by atoms with E-state index in [-0.39, 0.29) is 18.0 Å². The molecular weight excluding hydrogens is 283 g/mol. The van der Waals surface area contributed by atoms with Gasteiger partial charge in [-0.2, -0.15) is 0 Å². The number of hydrogen-bond acceptors (Lipinski definition) is 3. The molecule has 5 heteroatoms. The minimum Gasteiger partial charge on any atom is -0.444 e. The van der Waals surface area contributed by atoms with E-state index in [4.69, 9.17) is 4.74 Å². The Morgan fingerprint density at radius 2 is 2.09 bits per heavy atom. The summed E-state index contributed by atoms with van der Waals surface area (Å²) in [6.07, 6.45) is 2.67. The van der Waals surface area contributed by atoms with Gasteiger partial charge in [0, 0.05) is 13.1 Å². The third-order valence-electron chi connectivity index (χ3n) is 3.66. The van der Waals surface area contributed by atoms with Gasteiger partial charge in [0.05, 0.1) is 11.7 Å². The van der Waals surface area contributed by atoms with Gasteiger partial charge in [0.25, 0.3) is 0 Å². The van der Waals surface area contributed by atoms with Crippen LogP contribution >= 0.6 is 0 Å². The van der Waals surface area contributed by atoms with E-state index in [1.165, 1.54) is 6.07 Å². The van der Waals surface area contributed by atoms with Crippen LogP contribution in [0.25, 0.3) is 0 Å². The van der Waals surface area contributed by atoms with Crippen LogP contribution in [0.15, 0.2) is 24.3 Å². The predicted molar refractivity (Wildman–Crippen MR) is 85.5 cm³/mol. The number of para-hydroxylation sites is 1. The molecule has 1 atom stereocenters. The molecule has 0 radical (unpaired) electrons. The van der Waals surface area contributed by atoms with Gasteiger partial charge in [-0.15, -0.1) is 0 Å². The smallest absolute Gasteiger partial charge is 0.410 e. The Hall–Kier alpha value is -1.78. The third kappa shape index (κ3) is 4.61. The zero-order valence-corrected chi connectivity index (χ0v) is 13.6. The maximum Gasteiger partial charge on any atom is 0.410 e. The van der Waals surface area contributed by atoms with Crippen molar-refractivity contribution in [3.63, 3.8) is 0 Å². The number of rotatable bonds is 3. The molecule has 122 valence electrons. The third-order valence-corrected chi connectivity index (χ3v) is 3.66. The molecule has 1 aromatic rings. The molecule has 4 nitrogen and oxygen atoms in total. The lowest BCUT2D eigenvalue weighted by Crippen LogP contribution is -2.48. The number of nitrogens with one attached hydrogen (secondary N) is 1. The second kappa shape index (κ2) is 6.99. The van der Waals surface area contributed by atoms with E-state index in [2.05, 4.69) is 5.32 Å². The lowest BCUT2D eigenvalue weighted by Gasteiger charge is -2.37. The first-order chi connectivity index (χ1) is 10.4. The van der Waals surface area contributed by atoms with E-state index < -0.39 is 5.60 Å². The summed E-state index contributed by atoms with van der Waals surface area (Å²) in [4.78, 5) is 14.1. The minimum absolute atomic E-state index is 0.0307. The number of carbonyl (C=O) groups is 1. The van der Waals surface area contributed by atoms with Gasteiger partial charge in [-0.25, -0.2) is 9.18 Å². The van der Waals surface area contributed by atoms with E-state index in [1.54, 1.807) is 23.1 Å². The zero-order chi connectivity index (χ0) is 16.2. The Labute approximate surface area is 131 Å². The molecule has 0 saturated carbocycles. The Balaban J connectivity index is 1.98. The van der Waals surface area contributed by atoms with Crippen LogP contribution in [-0.4, -0.2) is 35.7 Å². The van der Waals surface area contributed by atoms with Crippen molar-refractivity contribution in [3.05, 3.63) is 30.1 Å². The first kappa shape index (κ1) is 16.6. The summed E-state index contributed by atoms with van der Waals surface area (Å²) in [5.41, 5.74) is -0.0323. The van der Waals surface area contributed by atoms with Crippen LogP contribution in [0.1, 0.15) is 40.0 Å². The molecule has 0 spiro atoms. The summed E-state index contributed by atoms with van der Waals surface area (Å²) in [5, 5.41) is 3.11. The van der Waals surface area contributed by atoms with Crippen molar-refractivity contribution in [3.8, 4) is 0 Å². The summed E-state index contributed by atoms with van der Waals surface area (Å²) in [7, 11) is 0. The molecule has 1 amide bonds. The average molecular weight is 308 g/mol. The standard InChI is InChI=1S/C17H25FN2O2/c1-17(2,3)22-16(21)20-11-7-6-8-13(20)12-19-15-10-5-4-9-14(15)18/h4-5,9-10,13,19H,6-8,11-12H2,1-3H3/t13-/m0/s1. The van der Waals surface area contributed by atoms with Crippen molar-refractivity contribution in [1.82, 2.24) is 4.90 Å². The molecule has 1 aromatic carbocycles. The van der Waals surface area contributed by atoms with E-state index in [0.29, 0.717) is 18.8 Å². The van der Waals surface area contributed by atoms with Crippen LogP contribution in [0, 0.1) is 5.82 Å². The SMILES string of the molecule is CC(C)(C)OC(=O)N1CCCC[C@H]1CNc1ccccc1F. The molecule has 1 saturated heterocycles. The van der Waals surface area contributed by atoms with Crippen molar-refractivity contribution < 1.29 is 13.9 Å². The maximum absolute atomic E-state index is 13.7. The number of benzene rings is 1. The normalized spacial score (nSPS) is 18.9. The Bertz CT molecular complexity index is 514. The number of anilines is 1. The van der Waals surface area contributed by atoms with Crippen molar-refractivity contribution in [2.24, 2.45) is 0 Å². The molecule has 1 fully saturated rings. The second-order valence-corrected chi connectivity index (χ2v) is 6.68. The monoisotopic (exact) mass is 308 g/mol. The molecule has 22 heavy (non-hydrogen) atoms. The minimum atomic E-state index is -0.502. The largest absolute Gasteiger partial charge is 0.444 e. The lowest BCUT2D eigenvalue weighted by atomic mass is 10.0. The van der Waals surface area contributed by atoms with Crippen molar-refractivity contribution >= 4 is 11.8 Å². The topological polar surface area (TPSA) is 41.6 Å². The second-order valence-electron chi connectivity index (χ2n) is 6.68. The van der Waals surface area contributed by atoms with Gasteiger partial charge in [0.15, 0.2) is 0 Å². The van der Waals surface area contributed by atoms with Crippen LogP contribution in [0.5, 0.6) is 0 Å². The van der Waals surface area contributed by atoms with E-state index >= 15 is 0 Å². The van der Waals surface area contributed by atoms with Gasteiger partial charge < -0.3 is 15.0 Å². The first-order valence-electron chi connectivity index (χ1n) is 7.85. The van der Waals surface area contributed by atoms with Crippen LogP contribution in [0.2, 0.25) is 0 Å². The molecule has 0 aliphatic carbocycles. The molecule has 0 bridgehead atoms. The molecule has 1 aliphatic heterocycles. The van der Waals surface area contributed by atoms with Crippen molar-refractivity contribution in [2.75, 3.05) is 18.4 Å². The summed E-state index contributed by atoms with van der Waals surface area (Å²) in [6, 6.07) is 6.61. The average Bonchev–Trinajstić information content (AvgIpc) is 2.45. The summed E-state index contributed by atoms with van der Waals surface area (Å²) < 4.78 is 19.1. The molecule has 2 rings (SSSR count). The summed E-state index contributed by atoms with van der Waals surface area (Å²) in [6.45, 7) is 6.81. The molecule has 1 heterocycles. The quantitative estimate of drug-likeness (QED) is 0.916. The number of nitrogens with zero attached hydrogens (tertiary/aromatic N) is 1. The number of amides is 1. The van der Waals surface area contributed by atoms with Gasteiger partial charge in [-0.1, -0.05) is 12.1 Å². The Morgan fingerprint density at radius 1 is 1.36 bits per heavy atom. The van der Waals surface area contributed by atoms with Crippen LogP contribution in [0.4, 0.5) is 14.9 Å². The molecular formula is C17H25FN2O2. The number of halogens is 1. The molecule has 1 N–H and O–H groups in total. The maximum atomic E-state index is 13.7. The summed E-state index contributed by atoms with van der Waals surface area (Å²) >= 11 is 0. The van der Waals surface area contributed by atoms with Gasteiger partial charge in [-0.3, -0.25) is 0 Å². The van der Waals surface area contributed by atoms with E-state index in [1.807, 2.05) is 20.8 Å². The van der Waals surface area contributed by atoms with Crippen LogP contribution < -0.4 is 5.32 Å². The molecule has 1 aliphatic rings. The first-order valence-corrected chi connectivity index (χ1v) is 7.85. The Kier molecular flexibility index (Phi) is 5.27. The van der Waals surface area contributed by atoms with Crippen molar-refractivity contribution in [2.45, 2.75) is 51.7 Å². The highest BCUT2D eigenvalue weighted by molar-refractivity contribution is 5.68. The molecule has 0 unspecified atom stereocenters. The highest BCUT2D eigenvalue weighted by atomic mass is 19.1. The number of piperidine rings is 1. The molecule has 0 aromatic heterocycles. The lowest BCUT2D eigenvalue weighted by molar-refractivity contribution is 0.0114. The fourth-order valence-corrected chi connectivity index (χ4v) is 2.61. The van der Waals surface area contributed by atoms with Crippen molar-refractivity contribution in [1.29, 1.82) is 0 Å². The van der Waals surface area contributed by atoms with E-state index in [0.717, 1.165) is 19.3 Å². The number of hydrogen-bond donors (Lipinski definition) is 1. The van der Waals surface area contributed by atoms with E-state index in [9.17, 15) is 9.18 Å². The highest BCUT2D eigenvalue weighted by Gasteiger charge is 2.30. The predicted octanol–water partition coefficient (Wildman–Crippen LogP) is 4.03. The van der Waals surface area contributed by atoms with Gasteiger partial charge >= 0.3 is 6.09 Å². The number of carbonyl (C=O) groups excluding carboxylic acids is 1. The van der Waals surface area contributed by atoms with Gasteiger partial charge in [0.1, 0.15) is 11.4 Å². The number of ether oxygens (including phenoxy) is 1. The Morgan fingerprint density at radius 3 is 2.77 bits per heavy atom. The van der Waals surface area contributed by atoms with Crippen LogP contribution in [0.3, 0.4) is 0 Å². The fourth-order valence-electron chi connectivity index (χ4n) is 2.61. The zero-order valence-electron chi connectivity index (χ0n) is 13.6. The summed E-state index contributed by atoms with van der Waals surface area (Å²) in [5.74, 6) is -0.276. The van der Waals surface area contributed by atoms with Gasteiger partial charge in [-0.05, 0) is 52.2 Å². The van der Waals surface area contributed by atoms with Gasteiger partial charge in [0.2, 0.25) is 0 Å².